The van der Waals surface area contributed by atoms with Gasteiger partial charge in [0.2, 0.25) is 6.79 Å². The van der Waals surface area contributed by atoms with Crippen LogP contribution in [0.25, 0.3) is 0 Å². The number of ether oxygens (including phenoxy) is 2. The Morgan fingerprint density at radius 1 is 1.14 bits per heavy atom. The fourth-order valence-electron chi connectivity index (χ4n) is 3.88. The number of hydrogen-bond acceptors (Lipinski definition) is 5. The van der Waals surface area contributed by atoms with Crippen molar-refractivity contribution in [2.24, 2.45) is 0 Å². The summed E-state index contributed by atoms with van der Waals surface area (Å²) in [7, 11) is 0. The molecule has 1 atom stereocenters. The number of rotatable bonds is 3. The van der Waals surface area contributed by atoms with Crippen LogP contribution in [0.1, 0.15) is 39.0 Å². The van der Waals surface area contributed by atoms with Gasteiger partial charge in [0.1, 0.15) is 6.17 Å². The van der Waals surface area contributed by atoms with E-state index in [0.717, 1.165) is 34.0 Å². The molecule has 1 aromatic heterocycles. The fraction of sp³-hybridized carbons (Fsp3) is 0.238. The van der Waals surface area contributed by atoms with E-state index >= 15 is 0 Å². The molecule has 0 radical (unpaired) electrons. The second-order valence-electron chi connectivity index (χ2n) is 7.06. The largest absolute Gasteiger partial charge is 0.454 e. The predicted octanol–water partition coefficient (Wildman–Crippen LogP) is 3.52. The SMILES string of the molecule is Cc1n[nH]c(C)c1C1Nc2ccccc2C(=O)N1Cc1ccc2c(c1)OCO2. The van der Waals surface area contributed by atoms with Gasteiger partial charge in [-0.2, -0.15) is 5.10 Å². The minimum atomic E-state index is -0.313. The molecule has 28 heavy (non-hydrogen) atoms. The quantitative estimate of drug-likeness (QED) is 0.731. The first-order chi connectivity index (χ1) is 13.6. The molecule has 0 fully saturated rings. The highest BCUT2D eigenvalue weighted by Crippen LogP contribution is 2.38. The molecular formula is C21H20N4O3. The number of fused-ring (bicyclic) bond motifs is 2. The average molecular weight is 376 g/mol. The van der Waals surface area contributed by atoms with Crippen molar-refractivity contribution in [1.82, 2.24) is 15.1 Å². The Hall–Kier alpha value is -3.48. The molecule has 3 aromatic rings. The van der Waals surface area contributed by atoms with Gasteiger partial charge >= 0.3 is 0 Å². The summed E-state index contributed by atoms with van der Waals surface area (Å²) >= 11 is 0. The van der Waals surface area contributed by atoms with Crippen LogP contribution >= 0.6 is 0 Å². The number of nitrogens with one attached hydrogen (secondary N) is 2. The lowest BCUT2D eigenvalue weighted by molar-refractivity contribution is 0.0665. The van der Waals surface area contributed by atoms with E-state index < -0.39 is 0 Å². The van der Waals surface area contributed by atoms with Crippen LogP contribution in [-0.4, -0.2) is 27.8 Å². The zero-order valence-corrected chi connectivity index (χ0v) is 15.7. The van der Waals surface area contributed by atoms with Crippen molar-refractivity contribution in [3.8, 4) is 11.5 Å². The smallest absolute Gasteiger partial charge is 0.258 e. The van der Waals surface area contributed by atoms with E-state index in [1.807, 2.05) is 61.2 Å². The highest BCUT2D eigenvalue weighted by atomic mass is 16.7. The van der Waals surface area contributed by atoms with Gasteiger partial charge in [0.05, 0.1) is 11.3 Å². The number of amides is 1. The summed E-state index contributed by atoms with van der Waals surface area (Å²) < 4.78 is 10.9. The number of aromatic nitrogens is 2. The van der Waals surface area contributed by atoms with E-state index in [1.165, 1.54) is 0 Å². The fourth-order valence-corrected chi connectivity index (χ4v) is 3.88. The maximum Gasteiger partial charge on any atom is 0.258 e. The molecule has 5 rings (SSSR count). The summed E-state index contributed by atoms with van der Waals surface area (Å²) in [4.78, 5) is 15.2. The van der Waals surface area contributed by atoms with Crippen molar-refractivity contribution in [3.63, 3.8) is 0 Å². The molecule has 7 nitrogen and oxygen atoms in total. The number of para-hydroxylation sites is 1. The van der Waals surface area contributed by atoms with Crippen molar-refractivity contribution in [1.29, 1.82) is 0 Å². The monoisotopic (exact) mass is 376 g/mol. The van der Waals surface area contributed by atoms with Crippen LogP contribution in [0.2, 0.25) is 0 Å². The van der Waals surface area contributed by atoms with E-state index in [4.69, 9.17) is 9.47 Å². The Morgan fingerprint density at radius 2 is 1.96 bits per heavy atom. The minimum absolute atomic E-state index is 0.0167. The highest BCUT2D eigenvalue weighted by molar-refractivity contribution is 6.01. The lowest BCUT2D eigenvalue weighted by Gasteiger charge is -2.38. The van der Waals surface area contributed by atoms with Gasteiger partial charge in [0.15, 0.2) is 11.5 Å². The van der Waals surface area contributed by atoms with E-state index in [0.29, 0.717) is 17.9 Å². The zero-order valence-electron chi connectivity index (χ0n) is 15.7. The van der Waals surface area contributed by atoms with Crippen LogP contribution in [0.5, 0.6) is 11.5 Å². The van der Waals surface area contributed by atoms with Crippen LogP contribution < -0.4 is 14.8 Å². The molecule has 2 aliphatic rings. The molecule has 2 aliphatic heterocycles. The molecule has 7 heteroatoms. The van der Waals surface area contributed by atoms with Crippen LogP contribution in [0.15, 0.2) is 42.5 Å². The molecule has 0 saturated heterocycles. The lowest BCUT2D eigenvalue weighted by Crippen LogP contribution is -2.42. The molecule has 1 unspecified atom stereocenters. The van der Waals surface area contributed by atoms with Crippen molar-refractivity contribution in [2.75, 3.05) is 12.1 Å². The maximum atomic E-state index is 13.4. The predicted molar refractivity (Wildman–Crippen MR) is 103 cm³/mol. The zero-order chi connectivity index (χ0) is 19.3. The number of hydrogen-bond donors (Lipinski definition) is 2. The van der Waals surface area contributed by atoms with Crippen molar-refractivity contribution in [3.05, 3.63) is 70.5 Å². The molecular weight excluding hydrogens is 356 g/mol. The van der Waals surface area contributed by atoms with Gasteiger partial charge < -0.3 is 19.7 Å². The van der Waals surface area contributed by atoms with Crippen molar-refractivity contribution >= 4 is 11.6 Å². The number of H-pyrrole nitrogens is 1. The molecule has 0 spiro atoms. The Bertz CT molecular complexity index is 1060. The molecule has 3 heterocycles. The van der Waals surface area contributed by atoms with Gasteiger partial charge in [0.25, 0.3) is 5.91 Å². The Balaban J connectivity index is 1.57. The van der Waals surface area contributed by atoms with Crippen LogP contribution in [0.3, 0.4) is 0 Å². The molecule has 0 bridgehead atoms. The van der Waals surface area contributed by atoms with E-state index in [9.17, 15) is 4.79 Å². The van der Waals surface area contributed by atoms with Crippen LogP contribution in [-0.2, 0) is 6.54 Å². The van der Waals surface area contributed by atoms with E-state index in [1.54, 1.807) is 0 Å². The summed E-state index contributed by atoms with van der Waals surface area (Å²) in [6.07, 6.45) is -0.313. The Morgan fingerprint density at radius 3 is 2.79 bits per heavy atom. The molecule has 0 aliphatic carbocycles. The average Bonchev–Trinajstić information content (AvgIpc) is 3.30. The number of carbonyl (C=O) groups excluding carboxylic acids is 1. The van der Waals surface area contributed by atoms with Gasteiger partial charge in [-0.05, 0) is 43.7 Å². The molecule has 2 N–H and O–H groups in total. The van der Waals surface area contributed by atoms with Crippen LogP contribution in [0, 0.1) is 13.8 Å². The third-order valence-electron chi connectivity index (χ3n) is 5.27. The number of aromatic amines is 1. The number of benzene rings is 2. The van der Waals surface area contributed by atoms with Crippen LogP contribution in [0.4, 0.5) is 5.69 Å². The standard InChI is InChI=1S/C21H20N4O3/c1-12-19(13(2)24-23-12)20-22-16-6-4-3-5-15(16)21(26)25(20)10-14-7-8-17-18(9-14)28-11-27-17/h3-9,20,22H,10-11H2,1-2H3,(H,23,24). The maximum absolute atomic E-state index is 13.4. The van der Waals surface area contributed by atoms with Gasteiger partial charge in [-0.3, -0.25) is 9.89 Å². The summed E-state index contributed by atoms with van der Waals surface area (Å²) in [5.74, 6) is 1.43. The first-order valence-electron chi connectivity index (χ1n) is 9.18. The summed E-state index contributed by atoms with van der Waals surface area (Å²) in [6.45, 7) is 4.59. The summed E-state index contributed by atoms with van der Waals surface area (Å²) in [6, 6.07) is 13.4. The number of anilines is 1. The number of carbonyl (C=O) groups is 1. The minimum Gasteiger partial charge on any atom is -0.454 e. The molecule has 2 aromatic carbocycles. The summed E-state index contributed by atoms with van der Waals surface area (Å²) in [5, 5.41) is 10.9. The number of aryl methyl sites for hydroxylation is 2. The second-order valence-corrected chi connectivity index (χ2v) is 7.06. The first-order valence-corrected chi connectivity index (χ1v) is 9.18. The first kappa shape index (κ1) is 16.7. The van der Waals surface area contributed by atoms with Gasteiger partial charge in [-0.1, -0.05) is 18.2 Å². The number of nitrogens with zero attached hydrogens (tertiary/aromatic N) is 2. The molecule has 0 saturated carbocycles. The highest BCUT2D eigenvalue weighted by Gasteiger charge is 2.35. The molecule has 1 amide bonds. The summed E-state index contributed by atoms with van der Waals surface area (Å²) in [5.41, 5.74) is 5.28. The van der Waals surface area contributed by atoms with Gasteiger partial charge in [0, 0.05) is 23.5 Å². The molecule has 142 valence electrons. The third-order valence-corrected chi connectivity index (χ3v) is 5.27. The second kappa shape index (κ2) is 6.30. The van der Waals surface area contributed by atoms with Gasteiger partial charge in [-0.15, -0.1) is 0 Å². The van der Waals surface area contributed by atoms with Crippen molar-refractivity contribution in [2.45, 2.75) is 26.6 Å². The van der Waals surface area contributed by atoms with E-state index in [2.05, 4.69) is 15.5 Å². The topological polar surface area (TPSA) is 79.5 Å². The van der Waals surface area contributed by atoms with Crippen molar-refractivity contribution < 1.29 is 14.3 Å². The third kappa shape index (κ3) is 2.58. The Kier molecular flexibility index (Phi) is 3.75. The normalized spacial score (nSPS) is 17.4. The lowest BCUT2D eigenvalue weighted by atomic mass is 10.0. The Labute approximate surface area is 162 Å². The van der Waals surface area contributed by atoms with Gasteiger partial charge in [-0.25, -0.2) is 0 Å². The van der Waals surface area contributed by atoms with E-state index in [-0.39, 0.29) is 18.9 Å².